The monoisotopic (exact) mass is 325 g/mol. The lowest BCUT2D eigenvalue weighted by molar-refractivity contribution is -0.274. The summed E-state index contributed by atoms with van der Waals surface area (Å²) in [5.74, 6) is -0.344. The van der Waals surface area contributed by atoms with Crippen molar-refractivity contribution < 1.29 is 27.4 Å². The van der Waals surface area contributed by atoms with Crippen molar-refractivity contribution in [1.82, 2.24) is 0 Å². The maximum atomic E-state index is 12.1. The lowest BCUT2D eigenvalue weighted by atomic mass is 9.99. The molecule has 4 nitrogen and oxygen atoms in total. The van der Waals surface area contributed by atoms with E-state index in [1.165, 1.54) is 31.2 Å². The highest BCUT2D eigenvalue weighted by molar-refractivity contribution is 5.69. The Bertz CT molecular complexity index is 666. The highest BCUT2D eigenvalue weighted by Crippen LogP contribution is 2.26. The molecule has 2 N–H and O–H groups in total. The van der Waals surface area contributed by atoms with E-state index in [9.17, 15) is 18.0 Å². The van der Waals surface area contributed by atoms with Crippen LogP contribution in [0.3, 0.4) is 0 Å². The highest BCUT2D eigenvalue weighted by atomic mass is 19.4. The van der Waals surface area contributed by atoms with Crippen LogP contribution in [0.2, 0.25) is 0 Å². The first kappa shape index (κ1) is 16.8. The number of hydrogen-bond donors (Lipinski definition) is 1. The SMILES string of the molecule is CC(=O)Oc1ccc([C@H](N)c2ccc(OC(F)(F)F)cc2)cc1. The minimum absolute atomic E-state index is 0.307. The van der Waals surface area contributed by atoms with Gasteiger partial charge in [0.15, 0.2) is 0 Å². The predicted molar refractivity (Wildman–Crippen MR) is 76.9 cm³/mol. The summed E-state index contributed by atoms with van der Waals surface area (Å²) >= 11 is 0. The van der Waals surface area contributed by atoms with Gasteiger partial charge in [-0.2, -0.15) is 0 Å². The summed E-state index contributed by atoms with van der Waals surface area (Å²) in [6, 6.07) is 11.4. The molecular formula is C16H14F3NO3. The van der Waals surface area contributed by atoms with E-state index in [0.29, 0.717) is 11.3 Å². The second-order valence-electron chi connectivity index (χ2n) is 4.76. The molecule has 2 rings (SSSR count). The van der Waals surface area contributed by atoms with Gasteiger partial charge in [0, 0.05) is 6.92 Å². The first-order valence-electron chi connectivity index (χ1n) is 6.64. The van der Waals surface area contributed by atoms with Gasteiger partial charge in [-0.3, -0.25) is 4.79 Å². The lowest BCUT2D eigenvalue weighted by Crippen LogP contribution is -2.17. The standard InChI is InChI=1S/C16H14F3NO3/c1-10(21)22-13-6-2-11(3-7-13)15(20)12-4-8-14(9-5-12)23-16(17,18)19/h2-9,15H,20H2,1H3/t15-/m0/s1. The molecule has 0 aliphatic rings. The number of ether oxygens (including phenoxy) is 2. The van der Waals surface area contributed by atoms with Gasteiger partial charge in [0.2, 0.25) is 0 Å². The second kappa shape index (κ2) is 6.70. The lowest BCUT2D eigenvalue weighted by Gasteiger charge is -2.14. The zero-order chi connectivity index (χ0) is 17.0. The molecule has 0 fully saturated rings. The van der Waals surface area contributed by atoms with Crippen LogP contribution in [-0.2, 0) is 4.79 Å². The molecular weight excluding hydrogens is 311 g/mol. The number of benzene rings is 2. The second-order valence-corrected chi connectivity index (χ2v) is 4.76. The predicted octanol–water partition coefficient (Wildman–Crippen LogP) is 3.56. The Kier molecular flexibility index (Phi) is 4.90. The van der Waals surface area contributed by atoms with Gasteiger partial charge in [0.05, 0.1) is 6.04 Å². The average molecular weight is 325 g/mol. The first-order chi connectivity index (χ1) is 10.7. The van der Waals surface area contributed by atoms with Crippen LogP contribution in [0, 0.1) is 0 Å². The minimum Gasteiger partial charge on any atom is -0.427 e. The fraction of sp³-hybridized carbons (Fsp3) is 0.188. The zero-order valence-electron chi connectivity index (χ0n) is 12.1. The Morgan fingerprint density at radius 3 is 1.78 bits per heavy atom. The van der Waals surface area contributed by atoms with Gasteiger partial charge in [-0.05, 0) is 35.4 Å². The van der Waals surface area contributed by atoms with E-state index in [0.717, 1.165) is 5.56 Å². The van der Waals surface area contributed by atoms with Crippen LogP contribution in [0.5, 0.6) is 11.5 Å². The van der Waals surface area contributed by atoms with Gasteiger partial charge in [-0.15, -0.1) is 13.2 Å². The minimum atomic E-state index is -4.73. The first-order valence-corrected chi connectivity index (χ1v) is 6.64. The van der Waals surface area contributed by atoms with Crippen LogP contribution in [0.4, 0.5) is 13.2 Å². The number of alkyl halides is 3. The highest BCUT2D eigenvalue weighted by Gasteiger charge is 2.31. The van der Waals surface area contributed by atoms with Gasteiger partial charge in [-0.1, -0.05) is 24.3 Å². The largest absolute Gasteiger partial charge is 0.573 e. The summed E-state index contributed by atoms with van der Waals surface area (Å²) < 4.78 is 45.1. The van der Waals surface area contributed by atoms with Gasteiger partial charge in [0.1, 0.15) is 11.5 Å². The normalized spacial score (nSPS) is 12.6. The van der Waals surface area contributed by atoms with Crippen LogP contribution in [-0.4, -0.2) is 12.3 Å². The van der Waals surface area contributed by atoms with Gasteiger partial charge in [-0.25, -0.2) is 0 Å². The summed E-state index contributed by atoms with van der Waals surface area (Å²) in [4.78, 5) is 10.8. The van der Waals surface area contributed by atoms with Crippen LogP contribution in [0.25, 0.3) is 0 Å². The van der Waals surface area contributed by atoms with E-state index >= 15 is 0 Å². The smallest absolute Gasteiger partial charge is 0.427 e. The van der Waals surface area contributed by atoms with E-state index in [1.807, 2.05) is 0 Å². The number of nitrogens with two attached hydrogens (primary N) is 1. The van der Waals surface area contributed by atoms with Gasteiger partial charge >= 0.3 is 12.3 Å². The average Bonchev–Trinajstić information content (AvgIpc) is 2.46. The number of hydrogen-bond acceptors (Lipinski definition) is 4. The van der Waals surface area contributed by atoms with Crippen molar-refractivity contribution in [3.05, 3.63) is 59.7 Å². The van der Waals surface area contributed by atoms with Gasteiger partial charge < -0.3 is 15.2 Å². The molecule has 0 aliphatic carbocycles. The van der Waals surface area contributed by atoms with Crippen molar-refractivity contribution in [1.29, 1.82) is 0 Å². The van der Waals surface area contributed by atoms with Crippen LogP contribution in [0.1, 0.15) is 24.1 Å². The number of halogens is 3. The van der Waals surface area contributed by atoms with Crippen LogP contribution >= 0.6 is 0 Å². The number of rotatable bonds is 4. The molecule has 0 spiro atoms. The number of esters is 1. The maximum absolute atomic E-state index is 12.1. The van der Waals surface area contributed by atoms with Crippen molar-refractivity contribution >= 4 is 5.97 Å². The van der Waals surface area contributed by atoms with E-state index in [4.69, 9.17) is 10.5 Å². The molecule has 0 unspecified atom stereocenters. The van der Waals surface area contributed by atoms with E-state index in [1.54, 1.807) is 24.3 Å². The Labute approximate surface area is 130 Å². The molecule has 0 saturated heterocycles. The van der Waals surface area contributed by atoms with Crippen molar-refractivity contribution in [2.75, 3.05) is 0 Å². The molecule has 0 bridgehead atoms. The molecule has 23 heavy (non-hydrogen) atoms. The van der Waals surface area contributed by atoms with Crippen molar-refractivity contribution in [3.63, 3.8) is 0 Å². The quantitative estimate of drug-likeness (QED) is 0.690. The molecule has 0 amide bonds. The van der Waals surface area contributed by atoms with E-state index in [2.05, 4.69) is 4.74 Å². The Balaban J connectivity index is 2.10. The van der Waals surface area contributed by atoms with Crippen LogP contribution in [0.15, 0.2) is 48.5 Å². The summed E-state index contributed by atoms with van der Waals surface area (Å²) in [5.41, 5.74) is 7.43. The summed E-state index contributed by atoms with van der Waals surface area (Å²) in [7, 11) is 0. The number of carbonyl (C=O) groups is 1. The molecule has 2 aromatic rings. The fourth-order valence-electron chi connectivity index (χ4n) is 1.98. The van der Waals surface area contributed by atoms with Crippen molar-refractivity contribution in [3.8, 4) is 11.5 Å². The third-order valence-electron chi connectivity index (χ3n) is 2.97. The molecule has 7 heteroatoms. The molecule has 0 aromatic heterocycles. The maximum Gasteiger partial charge on any atom is 0.573 e. The van der Waals surface area contributed by atoms with Crippen LogP contribution < -0.4 is 15.2 Å². The molecule has 122 valence electrons. The molecule has 0 radical (unpaired) electrons. The summed E-state index contributed by atoms with van der Waals surface area (Å²) in [5, 5.41) is 0. The third kappa shape index (κ3) is 5.00. The topological polar surface area (TPSA) is 61.5 Å². The van der Waals surface area contributed by atoms with Crippen molar-refractivity contribution in [2.24, 2.45) is 5.73 Å². The van der Waals surface area contributed by atoms with Gasteiger partial charge in [0.25, 0.3) is 0 Å². The Hall–Kier alpha value is -2.54. The zero-order valence-corrected chi connectivity index (χ0v) is 12.1. The molecule has 0 aliphatic heterocycles. The summed E-state index contributed by atoms with van der Waals surface area (Å²) in [6.07, 6.45) is -4.73. The fourth-order valence-corrected chi connectivity index (χ4v) is 1.98. The van der Waals surface area contributed by atoms with E-state index < -0.39 is 18.4 Å². The van der Waals surface area contributed by atoms with E-state index in [-0.39, 0.29) is 5.75 Å². The number of carbonyl (C=O) groups excluding carboxylic acids is 1. The van der Waals surface area contributed by atoms with Crippen molar-refractivity contribution in [2.45, 2.75) is 19.3 Å². The third-order valence-corrected chi connectivity index (χ3v) is 2.97. The summed E-state index contributed by atoms with van der Waals surface area (Å²) in [6.45, 7) is 1.30. The Morgan fingerprint density at radius 1 is 0.957 bits per heavy atom. The molecule has 0 heterocycles. The molecule has 1 atom stereocenters. The molecule has 0 saturated carbocycles. The Morgan fingerprint density at radius 2 is 1.39 bits per heavy atom. The molecule has 2 aromatic carbocycles.